The van der Waals surface area contributed by atoms with Crippen LogP contribution in [0.2, 0.25) is 10.0 Å². The van der Waals surface area contributed by atoms with Crippen molar-refractivity contribution in [2.75, 3.05) is 5.43 Å². The third-order valence-electron chi connectivity index (χ3n) is 3.73. The summed E-state index contributed by atoms with van der Waals surface area (Å²) in [6.07, 6.45) is 0.365. The Morgan fingerprint density at radius 2 is 1.89 bits per heavy atom. The Morgan fingerprint density at radius 3 is 2.44 bits per heavy atom. The molecule has 0 saturated heterocycles. The van der Waals surface area contributed by atoms with E-state index in [0.29, 0.717) is 27.7 Å². The van der Waals surface area contributed by atoms with E-state index in [9.17, 15) is 9.59 Å². The van der Waals surface area contributed by atoms with Crippen LogP contribution in [0.15, 0.2) is 52.0 Å². The van der Waals surface area contributed by atoms with E-state index in [-0.39, 0.29) is 11.5 Å². The number of hydrogen-bond acceptors (Lipinski definition) is 5. The first-order valence-corrected chi connectivity index (χ1v) is 9.88. The number of hydrazone groups is 1. The normalized spacial score (nSPS) is 12.4. The quantitative estimate of drug-likeness (QED) is 0.258. The summed E-state index contributed by atoms with van der Waals surface area (Å²) in [5.41, 5.74) is 3.58. The molecular weight excluding hydrogens is 470 g/mol. The van der Waals surface area contributed by atoms with E-state index in [1.807, 2.05) is 16.6 Å². The molecule has 0 amide bonds. The van der Waals surface area contributed by atoms with Gasteiger partial charge in [0.15, 0.2) is 11.5 Å². The van der Waals surface area contributed by atoms with Gasteiger partial charge in [-0.3, -0.25) is 10.2 Å². The monoisotopic (exact) mass is 482 g/mol. The minimum Gasteiger partial charge on any atom is -0.624 e. The van der Waals surface area contributed by atoms with Gasteiger partial charge in [-0.1, -0.05) is 58.2 Å². The minimum atomic E-state index is -0.780. The van der Waals surface area contributed by atoms with E-state index in [4.69, 9.17) is 27.0 Å². The molecule has 1 atom stereocenters. The maximum atomic E-state index is 12.9. The minimum absolute atomic E-state index is 0.0496. The Bertz CT molecular complexity index is 875. The Balaban J connectivity index is 2.35. The van der Waals surface area contributed by atoms with Gasteiger partial charge < -0.3 is 3.79 Å². The molecule has 27 heavy (non-hydrogen) atoms. The van der Waals surface area contributed by atoms with Crippen LogP contribution in [-0.2, 0) is 8.58 Å². The molecule has 0 bridgehead atoms. The molecule has 0 aliphatic rings. The number of Topliss-reactive ketones (excluding diaryl/α,β-unsaturated/α-hetero) is 1. The molecule has 2 aromatic carbocycles. The molecule has 1 N–H and O–H groups in total. The molecule has 0 heterocycles. The van der Waals surface area contributed by atoms with E-state index in [1.165, 1.54) is 0 Å². The average Bonchev–Trinajstić information content (AvgIpc) is 2.66. The van der Waals surface area contributed by atoms with E-state index < -0.39 is 11.9 Å². The summed E-state index contributed by atoms with van der Waals surface area (Å²) in [5.74, 6) is -1.74. The van der Waals surface area contributed by atoms with E-state index in [2.05, 4.69) is 26.5 Å². The molecule has 1 unspecified atom stereocenters. The number of hydrogen-bond donors (Lipinski definition) is 1. The van der Waals surface area contributed by atoms with Crippen molar-refractivity contribution in [2.45, 2.75) is 13.3 Å². The van der Waals surface area contributed by atoms with Crippen LogP contribution < -0.4 is 5.43 Å². The second-order valence-electron chi connectivity index (χ2n) is 5.47. The zero-order valence-corrected chi connectivity index (χ0v) is 18.5. The van der Waals surface area contributed by atoms with Crippen molar-refractivity contribution in [2.24, 2.45) is 11.0 Å². The molecule has 0 fully saturated rings. The number of anilines is 1. The van der Waals surface area contributed by atoms with Crippen LogP contribution in [0.25, 0.3) is 0 Å². The first kappa shape index (κ1) is 21.9. The third-order valence-corrected chi connectivity index (χ3v) is 5.02. The average molecular weight is 484 g/mol. The molecule has 0 saturated carbocycles. The second-order valence-corrected chi connectivity index (χ2v) is 7.47. The highest BCUT2D eigenvalue weighted by atomic mass is 79.9. The van der Waals surface area contributed by atoms with Crippen molar-refractivity contribution in [3.05, 3.63) is 62.5 Å². The fraction of sp³-hybridized carbons (Fsp3) is 0.167. The van der Waals surface area contributed by atoms with Crippen molar-refractivity contribution in [3.63, 3.8) is 0 Å². The van der Waals surface area contributed by atoms with Crippen molar-refractivity contribution >= 4 is 78.9 Å². The third kappa shape index (κ3) is 5.81. The smallest absolute Gasteiger partial charge is 0.485 e. The van der Waals surface area contributed by atoms with Crippen molar-refractivity contribution in [1.29, 1.82) is 0 Å². The topological polar surface area (TPSA) is 67.8 Å². The first-order chi connectivity index (χ1) is 12.9. The van der Waals surface area contributed by atoms with Crippen LogP contribution in [-0.4, -0.2) is 34.1 Å². The summed E-state index contributed by atoms with van der Waals surface area (Å²) in [4.78, 5) is 25.1. The van der Waals surface area contributed by atoms with Crippen molar-refractivity contribution < 1.29 is 13.4 Å². The Morgan fingerprint density at radius 1 is 1.22 bits per heavy atom. The van der Waals surface area contributed by atoms with Gasteiger partial charge in [0.05, 0.1) is 16.6 Å². The zero-order valence-electron chi connectivity index (χ0n) is 14.2. The SMILES string of the molecule is CCC(C(=O)c1ccc(Br)cc1)/C(=N/Nc1ccc(Cl)cc1Cl)C(=O)[O][Al]. The van der Waals surface area contributed by atoms with Crippen molar-refractivity contribution in [1.82, 2.24) is 0 Å². The summed E-state index contributed by atoms with van der Waals surface area (Å²) in [6, 6.07) is 11.7. The molecule has 0 aliphatic carbocycles. The van der Waals surface area contributed by atoms with Gasteiger partial charge >= 0.3 is 22.6 Å². The molecular formula is C18H14AlBrCl2N2O3. The zero-order chi connectivity index (χ0) is 20.0. The summed E-state index contributed by atoms with van der Waals surface area (Å²) in [5, 5.41) is 4.91. The molecule has 138 valence electrons. The largest absolute Gasteiger partial charge is 0.624 e. The van der Waals surface area contributed by atoms with Crippen LogP contribution in [0.4, 0.5) is 5.69 Å². The molecule has 9 heteroatoms. The number of nitrogens with zero attached hydrogens (tertiary/aromatic N) is 1. The van der Waals surface area contributed by atoms with E-state index in [0.717, 1.165) is 4.47 Å². The van der Waals surface area contributed by atoms with Crippen LogP contribution in [0.1, 0.15) is 23.7 Å². The lowest BCUT2D eigenvalue weighted by molar-refractivity contribution is -0.126. The predicted octanol–water partition coefficient (Wildman–Crippen LogP) is 5.06. The highest BCUT2D eigenvalue weighted by Crippen LogP contribution is 2.26. The van der Waals surface area contributed by atoms with Crippen LogP contribution in [0, 0.1) is 5.92 Å². The summed E-state index contributed by atoms with van der Waals surface area (Å²) in [7, 11) is 0. The van der Waals surface area contributed by atoms with Crippen LogP contribution >= 0.6 is 39.1 Å². The van der Waals surface area contributed by atoms with Crippen LogP contribution in [0.5, 0.6) is 0 Å². The predicted molar refractivity (Wildman–Crippen MR) is 112 cm³/mol. The summed E-state index contributed by atoms with van der Waals surface area (Å²) in [6.45, 7) is 1.79. The number of halogens is 3. The number of carbonyl (C=O) groups is 2. The number of benzene rings is 2. The highest BCUT2D eigenvalue weighted by molar-refractivity contribution is 9.10. The summed E-state index contributed by atoms with van der Waals surface area (Å²) < 4.78 is 5.58. The number of ketones is 1. The van der Waals surface area contributed by atoms with E-state index >= 15 is 0 Å². The fourth-order valence-electron chi connectivity index (χ4n) is 2.35. The molecule has 5 nitrogen and oxygen atoms in total. The fourth-order valence-corrected chi connectivity index (χ4v) is 3.18. The maximum Gasteiger partial charge on any atom is 0.485 e. The lowest BCUT2D eigenvalue weighted by atomic mass is 9.91. The molecule has 0 spiro atoms. The van der Waals surface area contributed by atoms with Gasteiger partial charge in [0.25, 0.3) is 0 Å². The number of rotatable bonds is 7. The van der Waals surface area contributed by atoms with Crippen LogP contribution in [0.3, 0.4) is 0 Å². The molecule has 0 aromatic heterocycles. The van der Waals surface area contributed by atoms with Gasteiger partial charge in [-0.25, -0.2) is 4.79 Å². The summed E-state index contributed by atoms with van der Waals surface area (Å²) >= 11 is 17.2. The van der Waals surface area contributed by atoms with Gasteiger partial charge in [0, 0.05) is 15.1 Å². The van der Waals surface area contributed by atoms with Crippen molar-refractivity contribution in [3.8, 4) is 0 Å². The van der Waals surface area contributed by atoms with Gasteiger partial charge in [-0.2, -0.15) is 5.10 Å². The van der Waals surface area contributed by atoms with Gasteiger partial charge in [-0.05, 0) is 36.8 Å². The molecule has 0 aliphatic heterocycles. The maximum absolute atomic E-state index is 12.9. The standard InChI is InChI=1S/C18H15BrCl2N2O3.Al/c1-2-13(17(24)10-3-5-11(19)6-4-10)16(18(25)26)23-22-15-8-7-12(20)9-14(15)21;/h3-9,13,22H,2H2,1H3,(H,25,26);/q;+1/p-1/b23-16-;. The number of carbonyl (C=O) groups excluding carboxylic acids is 2. The Labute approximate surface area is 184 Å². The Hall–Kier alpha value is -1.36. The second kappa shape index (κ2) is 10.3. The highest BCUT2D eigenvalue weighted by Gasteiger charge is 2.29. The molecule has 2 radical (unpaired) electrons. The van der Waals surface area contributed by atoms with E-state index in [1.54, 1.807) is 49.4 Å². The van der Waals surface area contributed by atoms with Gasteiger partial charge in [-0.15, -0.1) is 0 Å². The number of nitrogens with one attached hydrogen (secondary N) is 1. The van der Waals surface area contributed by atoms with Gasteiger partial charge in [0.2, 0.25) is 0 Å². The molecule has 2 rings (SSSR count). The van der Waals surface area contributed by atoms with Gasteiger partial charge in [0.1, 0.15) is 0 Å². The lowest BCUT2D eigenvalue weighted by Gasteiger charge is -2.16. The lowest BCUT2D eigenvalue weighted by Crippen LogP contribution is -2.32. The first-order valence-electron chi connectivity index (χ1n) is 7.86. The Kier molecular flexibility index (Phi) is 8.34. The molecule has 2 aromatic rings.